The normalized spacial score (nSPS) is 12.0. The van der Waals surface area contributed by atoms with Gasteiger partial charge in [0, 0.05) is 40.0 Å². The van der Waals surface area contributed by atoms with Crippen LogP contribution in [0.3, 0.4) is 0 Å². The largest absolute Gasteiger partial charge is 2.00 e. The smallest absolute Gasteiger partial charge is 0.573 e. The van der Waals surface area contributed by atoms with Crippen molar-refractivity contribution < 1.29 is 21.1 Å². The molecule has 0 saturated carbocycles. The Morgan fingerprint density at radius 1 is 0.615 bits per heavy atom. The molecule has 4 aromatic heterocycles. The van der Waals surface area contributed by atoms with Gasteiger partial charge < -0.3 is 20.4 Å². The maximum absolute atomic E-state index is 4.93. The molecule has 206 valence electrons. The second kappa shape index (κ2) is 11.6. The van der Waals surface area contributed by atoms with Crippen molar-refractivity contribution in [2.45, 2.75) is 78.6 Å². The van der Waals surface area contributed by atoms with Crippen LogP contribution in [-0.2, 0) is 37.3 Å². The Kier molecular flexibility index (Phi) is 9.01. The van der Waals surface area contributed by atoms with Gasteiger partial charge in [-0.15, -0.1) is 0 Å². The van der Waals surface area contributed by atoms with E-state index < -0.39 is 0 Å². The number of aromatic nitrogens is 6. The molecule has 0 radical (unpaired) electrons. The molecule has 1 aromatic carbocycles. The number of hydrogen-bond acceptors (Lipinski definition) is 4. The standard InChI is InChI=1S/C23H25N5.C9H13N.Pt/c1-22(2,3)19-12-17(25-27-19)16-11-14-9-7-8-10-15(14)21(24-16)18-13-20(28-26-18)23(4,5)6;1-9(2,3)8-4-6-10-7-5-8;/h7-13H,1-6H3;4-7H,1-3H3;/q-2;;+2. The van der Waals surface area contributed by atoms with Gasteiger partial charge >= 0.3 is 21.1 Å². The van der Waals surface area contributed by atoms with Crippen molar-refractivity contribution in [3.05, 3.63) is 83.9 Å². The summed E-state index contributed by atoms with van der Waals surface area (Å²) in [4.78, 5) is 8.89. The SMILES string of the molecule is CC(C)(C)c1cc(-c2cc3ccccc3c(-c3cc(C(C)(C)C)n[n-]3)n2)[n-]n1.CC(C)(C)c1ccncc1.[Pt+2]. The Morgan fingerprint density at radius 3 is 1.67 bits per heavy atom. The zero-order chi connectivity index (χ0) is 27.7. The van der Waals surface area contributed by atoms with E-state index in [2.05, 4.69) is 118 Å². The molecule has 7 heteroatoms. The zero-order valence-electron chi connectivity index (χ0n) is 24.4. The second-order valence-corrected chi connectivity index (χ2v) is 12.8. The topological polar surface area (TPSA) is 79.8 Å². The summed E-state index contributed by atoms with van der Waals surface area (Å²) in [6.07, 6.45) is 3.67. The third kappa shape index (κ3) is 7.30. The van der Waals surface area contributed by atoms with E-state index in [0.717, 1.165) is 44.9 Å². The van der Waals surface area contributed by atoms with Crippen LogP contribution in [0.15, 0.2) is 67.0 Å². The van der Waals surface area contributed by atoms with Crippen molar-refractivity contribution >= 4 is 10.8 Å². The van der Waals surface area contributed by atoms with Crippen LogP contribution in [-0.4, -0.2) is 20.2 Å². The Morgan fingerprint density at radius 2 is 1.15 bits per heavy atom. The monoisotopic (exact) mass is 701 g/mol. The van der Waals surface area contributed by atoms with E-state index in [1.807, 2.05) is 36.7 Å². The van der Waals surface area contributed by atoms with Gasteiger partial charge in [-0.25, -0.2) is 0 Å². The first kappa shape index (κ1) is 30.4. The number of hydrogen-bond donors (Lipinski definition) is 0. The van der Waals surface area contributed by atoms with Gasteiger partial charge in [-0.3, -0.25) is 9.97 Å². The molecule has 6 nitrogen and oxygen atoms in total. The van der Waals surface area contributed by atoms with Gasteiger partial charge in [0.05, 0.1) is 11.4 Å². The van der Waals surface area contributed by atoms with Crippen molar-refractivity contribution in [3.63, 3.8) is 0 Å². The summed E-state index contributed by atoms with van der Waals surface area (Å²) in [6, 6.07) is 18.5. The van der Waals surface area contributed by atoms with Gasteiger partial charge in [0.2, 0.25) is 0 Å². The number of pyridine rings is 2. The molecule has 0 saturated heterocycles. The molecule has 5 aromatic rings. The Hall–Kier alpha value is -3.11. The van der Waals surface area contributed by atoms with Gasteiger partial charge in [-0.1, -0.05) is 110 Å². The minimum atomic E-state index is -0.0581. The first-order valence-electron chi connectivity index (χ1n) is 13.1. The van der Waals surface area contributed by atoms with Crippen molar-refractivity contribution in [1.29, 1.82) is 0 Å². The van der Waals surface area contributed by atoms with Crippen molar-refractivity contribution in [2.24, 2.45) is 0 Å². The first-order chi connectivity index (χ1) is 17.7. The van der Waals surface area contributed by atoms with Crippen LogP contribution in [0.1, 0.15) is 79.3 Å². The molecule has 0 aliphatic heterocycles. The molecule has 0 spiro atoms. The summed E-state index contributed by atoms with van der Waals surface area (Å²) >= 11 is 0. The maximum Gasteiger partial charge on any atom is 2.00 e. The average molecular weight is 702 g/mol. The first-order valence-corrected chi connectivity index (χ1v) is 13.1. The fourth-order valence-corrected chi connectivity index (χ4v) is 3.94. The van der Waals surface area contributed by atoms with E-state index in [0.29, 0.717) is 0 Å². The number of nitrogens with zero attached hydrogens (tertiary/aromatic N) is 6. The minimum absolute atomic E-state index is 0. The van der Waals surface area contributed by atoms with Crippen LogP contribution in [0.25, 0.3) is 33.5 Å². The molecule has 0 amide bonds. The number of fused-ring (bicyclic) bond motifs is 1. The molecular formula is C32H38N6Pt. The van der Waals surface area contributed by atoms with Gasteiger partial charge in [0.1, 0.15) is 0 Å². The van der Waals surface area contributed by atoms with Crippen LogP contribution in [0.2, 0.25) is 0 Å². The Labute approximate surface area is 246 Å². The predicted octanol–water partition coefficient (Wildman–Crippen LogP) is 7.24. The van der Waals surface area contributed by atoms with Crippen LogP contribution in [0.5, 0.6) is 0 Å². The van der Waals surface area contributed by atoms with Gasteiger partial charge in [-0.2, -0.15) is 0 Å². The van der Waals surface area contributed by atoms with Crippen LogP contribution < -0.4 is 10.2 Å². The van der Waals surface area contributed by atoms with Gasteiger partial charge in [0.15, 0.2) is 0 Å². The molecule has 0 unspecified atom stereocenters. The van der Waals surface area contributed by atoms with Crippen LogP contribution >= 0.6 is 0 Å². The molecular weight excluding hydrogens is 663 g/mol. The molecule has 0 aliphatic carbocycles. The summed E-state index contributed by atoms with van der Waals surface area (Å²) in [5.74, 6) is 0. The minimum Gasteiger partial charge on any atom is -0.573 e. The zero-order valence-corrected chi connectivity index (χ0v) is 26.6. The van der Waals surface area contributed by atoms with E-state index >= 15 is 0 Å². The summed E-state index contributed by atoms with van der Waals surface area (Å²) in [6.45, 7) is 19.4. The third-order valence-electron chi connectivity index (χ3n) is 6.41. The van der Waals surface area contributed by atoms with Gasteiger partial charge in [0.25, 0.3) is 0 Å². The molecule has 0 fully saturated rings. The van der Waals surface area contributed by atoms with E-state index in [9.17, 15) is 0 Å². The molecule has 0 N–H and O–H groups in total. The third-order valence-corrected chi connectivity index (χ3v) is 6.41. The second-order valence-electron chi connectivity index (χ2n) is 12.8. The van der Waals surface area contributed by atoms with Crippen molar-refractivity contribution in [1.82, 2.24) is 30.4 Å². The average Bonchev–Trinajstić information content (AvgIpc) is 3.54. The van der Waals surface area contributed by atoms with E-state index in [4.69, 9.17) is 4.98 Å². The molecule has 39 heavy (non-hydrogen) atoms. The van der Waals surface area contributed by atoms with Crippen molar-refractivity contribution in [3.8, 4) is 22.8 Å². The van der Waals surface area contributed by atoms with E-state index in [-0.39, 0.29) is 37.3 Å². The molecule has 0 atom stereocenters. The number of rotatable bonds is 2. The quantitative estimate of drug-likeness (QED) is 0.193. The molecule has 0 aliphatic rings. The summed E-state index contributed by atoms with van der Waals surface area (Å²) in [5, 5.41) is 19.7. The predicted molar refractivity (Wildman–Crippen MR) is 155 cm³/mol. The number of benzene rings is 1. The maximum atomic E-state index is 4.93. The molecule has 4 heterocycles. The molecule has 0 bridgehead atoms. The summed E-state index contributed by atoms with van der Waals surface area (Å²) < 4.78 is 0. The summed E-state index contributed by atoms with van der Waals surface area (Å²) in [7, 11) is 0. The van der Waals surface area contributed by atoms with Gasteiger partial charge in [-0.05, 0) is 34.6 Å². The van der Waals surface area contributed by atoms with Crippen molar-refractivity contribution in [2.75, 3.05) is 0 Å². The Balaban J connectivity index is 0.000000324. The van der Waals surface area contributed by atoms with Crippen LogP contribution in [0, 0.1) is 0 Å². The van der Waals surface area contributed by atoms with Crippen LogP contribution in [0.4, 0.5) is 0 Å². The van der Waals surface area contributed by atoms with E-state index in [1.54, 1.807) is 0 Å². The summed E-state index contributed by atoms with van der Waals surface area (Å²) in [5.41, 5.74) is 6.61. The fraction of sp³-hybridized carbons (Fsp3) is 0.375. The fourth-order valence-electron chi connectivity index (χ4n) is 3.94. The van der Waals surface area contributed by atoms with E-state index in [1.165, 1.54) is 5.56 Å². The molecule has 5 rings (SSSR count). The Bertz CT molecular complexity index is 1510.